The van der Waals surface area contributed by atoms with Crippen LogP contribution in [0, 0.1) is 0 Å². The highest BCUT2D eigenvalue weighted by atomic mass is 79.9. The number of halogens is 1. The zero-order valence-corrected chi connectivity index (χ0v) is 14.0. The van der Waals surface area contributed by atoms with Crippen molar-refractivity contribution in [3.05, 3.63) is 50.6 Å². The van der Waals surface area contributed by atoms with Crippen LogP contribution in [0.15, 0.2) is 39.5 Å². The van der Waals surface area contributed by atoms with E-state index in [9.17, 15) is 4.79 Å². The van der Waals surface area contributed by atoms with Crippen molar-refractivity contribution in [3.63, 3.8) is 0 Å². The summed E-state index contributed by atoms with van der Waals surface area (Å²) in [6.07, 6.45) is 2.62. The first kappa shape index (κ1) is 14.8. The van der Waals surface area contributed by atoms with Gasteiger partial charge in [0.15, 0.2) is 0 Å². The minimum absolute atomic E-state index is 0.0655. The highest BCUT2D eigenvalue weighted by Crippen LogP contribution is 2.22. The number of hydrogen-bond acceptors (Lipinski definition) is 3. The molecular weight excluding hydrogens is 348 g/mol. The molecule has 1 N–H and O–H groups in total. The summed E-state index contributed by atoms with van der Waals surface area (Å²) in [5, 5.41) is 4.77. The van der Waals surface area contributed by atoms with Crippen LogP contribution in [0.4, 0.5) is 5.69 Å². The first-order chi connectivity index (χ1) is 10.2. The smallest absolute Gasteiger partial charge is 0.256 e. The summed E-state index contributed by atoms with van der Waals surface area (Å²) in [5.74, 6) is -0.0655. The molecule has 0 saturated carbocycles. The first-order valence-corrected chi connectivity index (χ1v) is 8.75. The van der Waals surface area contributed by atoms with Crippen LogP contribution in [0.2, 0.25) is 0 Å². The summed E-state index contributed by atoms with van der Waals surface area (Å²) in [4.78, 5) is 14.5. The molecule has 110 valence electrons. The van der Waals surface area contributed by atoms with E-state index in [0.717, 1.165) is 16.0 Å². The van der Waals surface area contributed by atoms with E-state index in [1.165, 1.54) is 42.8 Å². The Labute approximate surface area is 137 Å². The number of likely N-dealkylation sites (tertiary alicyclic amines) is 1. The molecule has 2 aromatic rings. The molecule has 1 aliphatic heterocycles. The van der Waals surface area contributed by atoms with E-state index in [-0.39, 0.29) is 5.91 Å². The van der Waals surface area contributed by atoms with Gasteiger partial charge in [0.05, 0.1) is 9.35 Å². The largest absolute Gasteiger partial charge is 0.322 e. The fourth-order valence-electron chi connectivity index (χ4n) is 2.52. The molecule has 0 spiro atoms. The SMILES string of the molecule is O=C(Nc1ccc(CN2CCCC2)cc1)c1csc(Br)c1. The molecule has 0 radical (unpaired) electrons. The van der Waals surface area contributed by atoms with Gasteiger partial charge in [0.1, 0.15) is 0 Å². The van der Waals surface area contributed by atoms with Gasteiger partial charge < -0.3 is 5.32 Å². The monoisotopic (exact) mass is 364 g/mol. The topological polar surface area (TPSA) is 32.3 Å². The van der Waals surface area contributed by atoms with Gasteiger partial charge in [0, 0.05) is 17.6 Å². The Morgan fingerprint density at radius 2 is 1.95 bits per heavy atom. The van der Waals surface area contributed by atoms with Crippen LogP contribution in [-0.4, -0.2) is 23.9 Å². The van der Waals surface area contributed by atoms with Crippen LogP contribution >= 0.6 is 27.3 Å². The Morgan fingerprint density at radius 3 is 2.57 bits per heavy atom. The summed E-state index contributed by atoms with van der Waals surface area (Å²) < 4.78 is 0.966. The molecule has 5 heteroatoms. The third-order valence-electron chi connectivity index (χ3n) is 3.65. The zero-order valence-electron chi connectivity index (χ0n) is 11.6. The van der Waals surface area contributed by atoms with E-state index in [1.54, 1.807) is 0 Å². The van der Waals surface area contributed by atoms with Crippen LogP contribution in [0.1, 0.15) is 28.8 Å². The van der Waals surface area contributed by atoms with E-state index in [0.29, 0.717) is 5.56 Å². The molecule has 0 bridgehead atoms. The number of nitrogens with one attached hydrogen (secondary N) is 1. The van der Waals surface area contributed by atoms with Gasteiger partial charge in [-0.3, -0.25) is 9.69 Å². The molecule has 1 aliphatic rings. The number of hydrogen-bond donors (Lipinski definition) is 1. The maximum Gasteiger partial charge on any atom is 0.256 e. The predicted octanol–water partition coefficient (Wildman–Crippen LogP) is 4.36. The number of thiophene rings is 1. The second kappa shape index (κ2) is 6.73. The van der Waals surface area contributed by atoms with E-state index < -0.39 is 0 Å². The molecule has 1 fully saturated rings. The molecule has 1 aromatic heterocycles. The molecule has 1 saturated heterocycles. The Morgan fingerprint density at radius 1 is 1.24 bits per heavy atom. The number of rotatable bonds is 4. The van der Waals surface area contributed by atoms with Crippen LogP contribution in [-0.2, 0) is 6.54 Å². The maximum atomic E-state index is 12.1. The number of anilines is 1. The Kier molecular flexibility index (Phi) is 4.73. The lowest BCUT2D eigenvalue weighted by Crippen LogP contribution is -2.18. The summed E-state index contributed by atoms with van der Waals surface area (Å²) in [6.45, 7) is 3.41. The van der Waals surface area contributed by atoms with Crippen LogP contribution in [0.5, 0.6) is 0 Å². The molecule has 21 heavy (non-hydrogen) atoms. The van der Waals surface area contributed by atoms with Crippen LogP contribution < -0.4 is 5.32 Å². The zero-order chi connectivity index (χ0) is 14.7. The second-order valence-corrected chi connectivity index (χ2v) is 7.56. The number of amides is 1. The highest BCUT2D eigenvalue weighted by Gasteiger charge is 2.12. The summed E-state index contributed by atoms with van der Waals surface area (Å²) >= 11 is 4.88. The predicted molar refractivity (Wildman–Crippen MR) is 90.9 cm³/mol. The molecule has 2 heterocycles. The van der Waals surface area contributed by atoms with Crippen LogP contribution in [0.25, 0.3) is 0 Å². The molecule has 0 unspecified atom stereocenters. The van der Waals surface area contributed by atoms with Gasteiger partial charge >= 0.3 is 0 Å². The Balaban J connectivity index is 1.60. The molecule has 0 aliphatic carbocycles. The van der Waals surface area contributed by atoms with Crippen molar-refractivity contribution in [3.8, 4) is 0 Å². The van der Waals surface area contributed by atoms with Gasteiger partial charge in [-0.25, -0.2) is 0 Å². The fraction of sp³-hybridized carbons (Fsp3) is 0.312. The lowest BCUT2D eigenvalue weighted by Gasteiger charge is -2.14. The lowest BCUT2D eigenvalue weighted by atomic mass is 10.2. The lowest BCUT2D eigenvalue weighted by molar-refractivity contribution is 0.102. The van der Waals surface area contributed by atoms with E-state index in [2.05, 4.69) is 38.3 Å². The maximum absolute atomic E-state index is 12.1. The fourth-order valence-corrected chi connectivity index (χ4v) is 3.66. The number of benzene rings is 1. The van der Waals surface area contributed by atoms with Gasteiger partial charge in [0.2, 0.25) is 0 Å². The number of nitrogens with zero attached hydrogens (tertiary/aromatic N) is 1. The summed E-state index contributed by atoms with van der Waals surface area (Å²) in [5.41, 5.74) is 2.83. The molecule has 3 nitrogen and oxygen atoms in total. The number of carbonyl (C=O) groups excluding carboxylic acids is 1. The van der Waals surface area contributed by atoms with Crippen molar-refractivity contribution in [2.75, 3.05) is 18.4 Å². The van der Waals surface area contributed by atoms with Crippen molar-refractivity contribution in [2.24, 2.45) is 0 Å². The van der Waals surface area contributed by atoms with Gasteiger partial charge in [-0.15, -0.1) is 11.3 Å². The normalized spacial score (nSPS) is 15.3. The van der Waals surface area contributed by atoms with Gasteiger partial charge in [-0.2, -0.15) is 0 Å². The highest BCUT2D eigenvalue weighted by molar-refractivity contribution is 9.11. The van der Waals surface area contributed by atoms with Crippen molar-refractivity contribution < 1.29 is 4.79 Å². The van der Waals surface area contributed by atoms with Crippen molar-refractivity contribution >= 4 is 38.9 Å². The van der Waals surface area contributed by atoms with Gasteiger partial charge in [0.25, 0.3) is 5.91 Å². The summed E-state index contributed by atoms with van der Waals surface area (Å²) in [6, 6.07) is 9.98. The second-order valence-electron chi connectivity index (χ2n) is 5.27. The molecule has 0 atom stereocenters. The quantitative estimate of drug-likeness (QED) is 0.873. The minimum atomic E-state index is -0.0655. The van der Waals surface area contributed by atoms with E-state index in [4.69, 9.17) is 0 Å². The third kappa shape index (κ3) is 3.93. The third-order valence-corrected chi connectivity index (χ3v) is 5.15. The van der Waals surface area contributed by atoms with E-state index in [1.807, 2.05) is 23.6 Å². The van der Waals surface area contributed by atoms with Crippen molar-refractivity contribution in [1.29, 1.82) is 0 Å². The molecule has 3 rings (SSSR count). The van der Waals surface area contributed by atoms with Crippen molar-refractivity contribution in [2.45, 2.75) is 19.4 Å². The molecular formula is C16H17BrN2OS. The Bertz CT molecular complexity index is 617. The Hall–Kier alpha value is -1.17. The first-order valence-electron chi connectivity index (χ1n) is 7.07. The average molecular weight is 365 g/mol. The van der Waals surface area contributed by atoms with Crippen molar-refractivity contribution in [1.82, 2.24) is 4.90 Å². The van der Waals surface area contributed by atoms with Gasteiger partial charge in [-0.05, 0) is 65.6 Å². The number of carbonyl (C=O) groups is 1. The molecule has 1 aromatic carbocycles. The summed E-state index contributed by atoms with van der Waals surface area (Å²) in [7, 11) is 0. The van der Waals surface area contributed by atoms with Gasteiger partial charge in [-0.1, -0.05) is 12.1 Å². The average Bonchev–Trinajstić information content (AvgIpc) is 3.12. The van der Waals surface area contributed by atoms with E-state index >= 15 is 0 Å². The standard InChI is InChI=1S/C16H17BrN2OS/c17-15-9-13(11-21-15)16(20)18-14-5-3-12(4-6-14)10-19-7-1-2-8-19/h3-6,9,11H,1-2,7-8,10H2,(H,18,20). The van der Waals surface area contributed by atoms with Crippen LogP contribution in [0.3, 0.4) is 0 Å². The minimum Gasteiger partial charge on any atom is -0.322 e. The molecule has 1 amide bonds.